The summed E-state index contributed by atoms with van der Waals surface area (Å²) in [7, 11) is 0. The molecule has 0 saturated carbocycles. The summed E-state index contributed by atoms with van der Waals surface area (Å²) < 4.78 is 19.0. The number of ether oxygens (including phenoxy) is 2. The summed E-state index contributed by atoms with van der Waals surface area (Å²) in [6.07, 6.45) is 0.932. The highest BCUT2D eigenvalue weighted by atomic mass is 32.2. The van der Waals surface area contributed by atoms with E-state index in [4.69, 9.17) is 13.9 Å². The molecule has 1 aliphatic rings. The van der Waals surface area contributed by atoms with E-state index in [1.54, 1.807) is 26.0 Å². The number of nitrogens with zero attached hydrogens (tertiary/aromatic N) is 3. The summed E-state index contributed by atoms with van der Waals surface area (Å²) in [5, 5.41) is 15.0. The third-order valence-corrected chi connectivity index (χ3v) is 6.87. The fraction of sp³-hybridized carbons (Fsp3) is 0.407. The number of carbonyl (C=O) groups excluding carboxylic acids is 2. The monoisotopic (exact) mass is 539 g/mol. The summed E-state index contributed by atoms with van der Waals surface area (Å²) in [5.41, 5.74) is 0.742. The SMILES string of the molecule is CCOC(=O)C1=C(CSc2nnc(COc3ccccc3)n2CCC(C)C)NC(=O)NC1c1ccc(C)o1. The van der Waals surface area contributed by atoms with E-state index in [0.717, 1.165) is 12.2 Å². The number of nitrogens with one attached hydrogen (secondary N) is 2. The van der Waals surface area contributed by atoms with Gasteiger partial charge in [-0.05, 0) is 50.5 Å². The van der Waals surface area contributed by atoms with Gasteiger partial charge in [-0.2, -0.15) is 0 Å². The predicted octanol–water partition coefficient (Wildman–Crippen LogP) is 4.77. The van der Waals surface area contributed by atoms with Crippen molar-refractivity contribution >= 4 is 23.8 Å². The molecule has 0 radical (unpaired) electrons. The normalized spacial score (nSPS) is 15.4. The summed E-state index contributed by atoms with van der Waals surface area (Å²) in [6.45, 7) is 9.06. The maximum atomic E-state index is 13.0. The van der Waals surface area contributed by atoms with Gasteiger partial charge in [-0.3, -0.25) is 0 Å². The van der Waals surface area contributed by atoms with Gasteiger partial charge >= 0.3 is 12.0 Å². The molecule has 3 aromatic rings. The van der Waals surface area contributed by atoms with E-state index in [1.165, 1.54) is 11.8 Å². The third kappa shape index (κ3) is 6.77. The van der Waals surface area contributed by atoms with Crippen LogP contribution in [0.4, 0.5) is 4.79 Å². The molecule has 0 spiro atoms. The summed E-state index contributed by atoms with van der Waals surface area (Å²) in [6, 6.07) is 11.9. The molecule has 1 atom stereocenters. The topological polar surface area (TPSA) is 121 Å². The number of para-hydroxylation sites is 1. The largest absolute Gasteiger partial charge is 0.486 e. The highest BCUT2D eigenvalue weighted by Crippen LogP contribution is 2.31. The van der Waals surface area contributed by atoms with Gasteiger partial charge in [0.2, 0.25) is 0 Å². The molecule has 0 aliphatic carbocycles. The Bertz CT molecular complexity index is 1280. The lowest BCUT2D eigenvalue weighted by Gasteiger charge is -2.27. The summed E-state index contributed by atoms with van der Waals surface area (Å²) >= 11 is 1.39. The van der Waals surface area contributed by atoms with Crippen LogP contribution >= 0.6 is 11.8 Å². The Balaban J connectivity index is 1.60. The van der Waals surface area contributed by atoms with Crippen LogP contribution < -0.4 is 15.4 Å². The first kappa shape index (κ1) is 27.3. The van der Waals surface area contributed by atoms with Crippen molar-refractivity contribution in [1.29, 1.82) is 0 Å². The summed E-state index contributed by atoms with van der Waals surface area (Å²) in [4.78, 5) is 25.6. The zero-order valence-corrected chi connectivity index (χ0v) is 22.8. The number of rotatable bonds is 12. The number of furan rings is 1. The lowest BCUT2D eigenvalue weighted by atomic mass is 10.0. The van der Waals surface area contributed by atoms with Crippen molar-refractivity contribution in [2.24, 2.45) is 5.92 Å². The first-order valence-electron chi connectivity index (χ1n) is 12.6. The van der Waals surface area contributed by atoms with E-state index in [9.17, 15) is 9.59 Å². The Morgan fingerprint density at radius 1 is 1.18 bits per heavy atom. The zero-order chi connectivity index (χ0) is 27.1. The second-order valence-corrected chi connectivity index (χ2v) is 10.2. The van der Waals surface area contributed by atoms with Crippen molar-refractivity contribution in [3.05, 3.63) is 71.1 Å². The molecule has 2 amide bonds. The Hall–Kier alpha value is -3.73. The maximum Gasteiger partial charge on any atom is 0.338 e. The van der Waals surface area contributed by atoms with Crippen LogP contribution in [0.5, 0.6) is 5.75 Å². The predicted molar refractivity (Wildman–Crippen MR) is 142 cm³/mol. The molecule has 0 bridgehead atoms. The standard InChI is InChI=1S/C27H33N5O5S/c1-5-35-25(33)23-20(28-26(34)29-24(23)21-12-11-18(4)37-21)16-38-27-31-30-22(32(27)14-13-17(2)3)15-36-19-9-7-6-8-10-19/h6-12,17,24H,5,13-16H2,1-4H3,(H2,28,29,34). The molecule has 0 fully saturated rings. The minimum atomic E-state index is -0.763. The highest BCUT2D eigenvalue weighted by Gasteiger charge is 2.35. The Kier molecular flexibility index (Phi) is 9.11. The molecule has 2 aromatic heterocycles. The fourth-order valence-corrected chi connectivity index (χ4v) is 4.90. The molecule has 0 saturated heterocycles. The molecular formula is C27H33N5O5S. The van der Waals surface area contributed by atoms with Crippen LogP contribution in [0.25, 0.3) is 0 Å². The smallest absolute Gasteiger partial charge is 0.338 e. The third-order valence-electron chi connectivity index (χ3n) is 5.87. The Morgan fingerprint density at radius 2 is 1.97 bits per heavy atom. The molecule has 10 nitrogen and oxygen atoms in total. The number of urea groups is 1. The average Bonchev–Trinajstić information content (AvgIpc) is 3.50. The van der Waals surface area contributed by atoms with Crippen LogP contribution in [0, 0.1) is 12.8 Å². The lowest BCUT2D eigenvalue weighted by molar-refractivity contribution is -0.139. The molecule has 3 heterocycles. The number of amides is 2. The van der Waals surface area contributed by atoms with Gasteiger partial charge in [-0.25, -0.2) is 9.59 Å². The molecule has 202 valence electrons. The second-order valence-electron chi connectivity index (χ2n) is 9.22. The number of hydrogen-bond donors (Lipinski definition) is 2. The average molecular weight is 540 g/mol. The van der Waals surface area contributed by atoms with Crippen molar-refractivity contribution in [3.8, 4) is 5.75 Å². The number of carbonyl (C=O) groups is 2. The van der Waals surface area contributed by atoms with E-state index in [1.807, 2.05) is 34.9 Å². The number of aromatic nitrogens is 3. The van der Waals surface area contributed by atoms with E-state index in [2.05, 4.69) is 34.7 Å². The van der Waals surface area contributed by atoms with E-state index < -0.39 is 18.0 Å². The van der Waals surface area contributed by atoms with Crippen LogP contribution in [0.3, 0.4) is 0 Å². The number of hydrogen-bond acceptors (Lipinski definition) is 8. The quantitative estimate of drug-likeness (QED) is 0.250. The van der Waals surface area contributed by atoms with Gasteiger partial charge in [-0.1, -0.05) is 43.8 Å². The minimum absolute atomic E-state index is 0.203. The maximum absolute atomic E-state index is 13.0. The number of aryl methyl sites for hydroxylation is 1. The van der Waals surface area contributed by atoms with Gasteiger partial charge in [0.05, 0.1) is 12.2 Å². The Labute approximate surface area is 226 Å². The van der Waals surface area contributed by atoms with E-state index in [0.29, 0.717) is 46.2 Å². The van der Waals surface area contributed by atoms with Crippen molar-refractivity contribution in [1.82, 2.24) is 25.4 Å². The highest BCUT2D eigenvalue weighted by molar-refractivity contribution is 7.99. The molecule has 1 aliphatic heterocycles. The van der Waals surface area contributed by atoms with Gasteiger partial charge in [0, 0.05) is 18.0 Å². The molecule has 11 heteroatoms. The van der Waals surface area contributed by atoms with E-state index >= 15 is 0 Å². The summed E-state index contributed by atoms with van der Waals surface area (Å²) in [5.74, 6) is 2.83. The first-order valence-corrected chi connectivity index (χ1v) is 13.6. The van der Waals surface area contributed by atoms with Crippen LogP contribution in [0.2, 0.25) is 0 Å². The van der Waals surface area contributed by atoms with Gasteiger partial charge in [0.25, 0.3) is 0 Å². The zero-order valence-electron chi connectivity index (χ0n) is 22.0. The molecule has 2 N–H and O–H groups in total. The van der Waals surface area contributed by atoms with Crippen molar-refractivity contribution in [2.45, 2.75) is 58.5 Å². The molecule has 38 heavy (non-hydrogen) atoms. The molecule has 4 rings (SSSR count). The molecular weight excluding hydrogens is 506 g/mol. The van der Waals surface area contributed by atoms with Gasteiger partial charge in [0.15, 0.2) is 11.0 Å². The van der Waals surface area contributed by atoms with Crippen LogP contribution in [-0.2, 0) is 22.7 Å². The van der Waals surface area contributed by atoms with Crippen LogP contribution in [0.1, 0.15) is 50.6 Å². The van der Waals surface area contributed by atoms with Crippen molar-refractivity contribution in [3.63, 3.8) is 0 Å². The molecule has 1 aromatic carbocycles. The van der Waals surface area contributed by atoms with Crippen molar-refractivity contribution < 1.29 is 23.5 Å². The molecule has 1 unspecified atom stereocenters. The van der Waals surface area contributed by atoms with Crippen LogP contribution in [0.15, 0.2) is 63.3 Å². The van der Waals surface area contributed by atoms with Gasteiger partial charge in [0.1, 0.15) is 29.9 Å². The van der Waals surface area contributed by atoms with Crippen molar-refractivity contribution in [2.75, 3.05) is 12.4 Å². The van der Waals surface area contributed by atoms with Gasteiger partial charge < -0.3 is 29.1 Å². The fourth-order valence-electron chi connectivity index (χ4n) is 3.95. The number of thioether (sulfide) groups is 1. The van der Waals surface area contributed by atoms with Gasteiger partial charge in [-0.15, -0.1) is 10.2 Å². The second kappa shape index (κ2) is 12.7. The Morgan fingerprint density at radius 3 is 2.66 bits per heavy atom. The number of esters is 1. The first-order chi connectivity index (χ1) is 18.4. The number of benzene rings is 1. The van der Waals surface area contributed by atoms with E-state index in [-0.39, 0.29) is 19.0 Å². The van der Waals surface area contributed by atoms with Crippen LogP contribution in [-0.4, -0.2) is 39.1 Å². The lowest BCUT2D eigenvalue weighted by Crippen LogP contribution is -2.46. The minimum Gasteiger partial charge on any atom is -0.486 e.